The fourth-order valence-electron chi connectivity index (χ4n) is 1.11. The van der Waals surface area contributed by atoms with E-state index >= 15 is 0 Å². The van der Waals surface area contributed by atoms with Crippen LogP contribution < -0.4 is 0 Å². The molecule has 0 saturated heterocycles. The molecule has 0 nitrogen and oxygen atoms in total. The molecule has 0 aromatic heterocycles. The minimum atomic E-state index is 0.944. The van der Waals surface area contributed by atoms with Gasteiger partial charge in [-0.2, -0.15) is 12.6 Å². The van der Waals surface area contributed by atoms with Crippen LogP contribution in [0.2, 0.25) is 0 Å². The van der Waals surface area contributed by atoms with Gasteiger partial charge in [0.1, 0.15) is 0 Å². The van der Waals surface area contributed by atoms with Crippen LogP contribution in [0.3, 0.4) is 0 Å². The zero-order chi connectivity index (χ0) is 11.6. The molecule has 2 aromatic carbocycles. The maximum absolute atomic E-state index is 3.79. The molecule has 84 valence electrons. The molecule has 0 bridgehead atoms. The summed E-state index contributed by atoms with van der Waals surface area (Å²) >= 11 is 5.58. The third-order valence-electron chi connectivity index (χ3n) is 1.72. The molecule has 2 aromatic rings. The first-order valence-electron chi connectivity index (χ1n) is 5.25. The van der Waals surface area contributed by atoms with Crippen LogP contribution in [0.5, 0.6) is 0 Å². The Labute approximate surface area is 108 Å². The van der Waals surface area contributed by atoms with Crippen molar-refractivity contribution in [3.8, 4) is 0 Å². The van der Waals surface area contributed by atoms with Gasteiger partial charge in [0, 0.05) is 9.79 Å². The second-order valence-corrected chi connectivity index (χ2v) is 4.82. The molecule has 2 rings (SSSR count). The topological polar surface area (TPSA) is 0 Å². The lowest BCUT2D eigenvalue weighted by Crippen LogP contribution is -1.70. The fraction of sp³-hybridized carbons (Fsp3) is 0.143. The first-order chi connectivity index (χ1) is 7.86. The maximum Gasteiger partial charge on any atom is 0.0122 e. The molecule has 0 radical (unpaired) electrons. The standard InChI is InChI=1S/C12H10S.C2H6S/c1-3-7-11(8-4-1)13-12-9-5-2-6-10-12;1-2-3/h1-10H;3H,2H2,1H3. The van der Waals surface area contributed by atoms with E-state index in [1.807, 2.05) is 19.1 Å². The van der Waals surface area contributed by atoms with Crippen LogP contribution in [0.4, 0.5) is 0 Å². The predicted molar refractivity (Wildman–Crippen MR) is 76.5 cm³/mol. The van der Waals surface area contributed by atoms with E-state index in [2.05, 4.69) is 61.2 Å². The second-order valence-electron chi connectivity index (χ2n) is 3.04. The monoisotopic (exact) mass is 248 g/mol. The third kappa shape index (κ3) is 5.29. The molecule has 0 fully saturated rings. The summed E-state index contributed by atoms with van der Waals surface area (Å²) in [6.07, 6.45) is 0. The van der Waals surface area contributed by atoms with E-state index in [0.29, 0.717) is 0 Å². The van der Waals surface area contributed by atoms with E-state index in [9.17, 15) is 0 Å². The van der Waals surface area contributed by atoms with Gasteiger partial charge in [-0.15, -0.1) is 0 Å². The van der Waals surface area contributed by atoms with Crippen molar-refractivity contribution in [2.75, 3.05) is 5.75 Å². The van der Waals surface area contributed by atoms with Crippen LogP contribution in [-0.4, -0.2) is 5.75 Å². The van der Waals surface area contributed by atoms with Gasteiger partial charge in [0.2, 0.25) is 0 Å². The minimum Gasteiger partial charge on any atom is -0.180 e. The number of benzene rings is 2. The number of rotatable bonds is 2. The summed E-state index contributed by atoms with van der Waals surface area (Å²) in [6.45, 7) is 1.99. The summed E-state index contributed by atoms with van der Waals surface area (Å²) in [5, 5.41) is 0. The molecule has 0 N–H and O–H groups in total. The summed E-state index contributed by atoms with van der Waals surface area (Å²) < 4.78 is 0. The van der Waals surface area contributed by atoms with Crippen molar-refractivity contribution < 1.29 is 0 Å². The highest BCUT2D eigenvalue weighted by atomic mass is 32.2. The lowest BCUT2D eigenvalue weighted by Gasteiger charge is -1.99. The van der Waals surface area contributed by atoms with Crippen molar-refractivity contribution in [3.05, 3.63) is 60.7 Å². The van der Waals surface area contributed by atoms with E-state index in [0.717, 1.165) is 5.75 Å². The molecular weight excluding hydrogens is 232 g/mol. The van der Waals surface area contributed by atoms with E-state index in [1.54, 1.807) is 11.8 Å². The smallest absolute Gasteiger partial charge is 0.0122 e. The summed E-state index contributed by atoms with van der Waals surface area (Å²) in [4.78, 5) is 2.57. The number of hydrogen-bond donors (Lipinski definition) is 1. The van der Waals surface area contributed by atoms with Gasteiger partial charge in [-0.05, 0) is 30.0 Å². The quantitative estimate of drug-likeness (QED) is 0.747. The summed E-state index contributed by atoms with van der Waals surface area (Å²) in [6, 6.07) is 20.8. The molecule has 0 aliphatic heterocycles. The first-order valence-corrected chi connectivity index (χ1v) is 6.70. The fourth-order valence-corrected chi connectivity index (χ4v) is 1.97. The zero-order valence-corrected chi connectivity index (χ0v) is 11.0. The Morgan fingerprint density at radius 2 is 1.12 bits per heavy atom. The Morgan fingerprint density at radius 1 is 0.812 bits per heavy atom. The van der Waals surface area contributed by atoms with Crippen LogP contribution in [0.25, 0.3) is 0 Å². The summed E-state index contributed by atoms with van der Waals surface area (Å²) in [5.74, 6) is 0.944. The Balaban J connectivity index is 0.000000386. The first kappa shape index (κ1) is 13.2. The molecule has 0 amide bonds. The van der Waals surface area contributed by atoms with Gasteiger partial charge >= 0.3 is 0 Å². The Hall–Kier alpha value is -0.860. The average molecular weight is 248 g/mol. The van der Waals surface area contributed by atoms with Gasteiger partial charge < -0.3 is 0 Å². The molecule has 2 heteroatoms. The molecule has 0 saturated carbocycles. The van der Waals surface area contributed by atoms with Crippen molar-refractivity contribution in [1.29, 1.82) is 0 Å². The van der Waals surface area contributed by atoms with Crippen LogP contribution in [-0.2, 0) is 0 Å². The van der Waals surface area contributed by atoms with Crippen LogP contribution in [0.1, 0.15) is 6.92 Å². The Morgan fingerprint density at radius 3 is 1.44 bits per heavy atom. The average Bonchev–Trinajstić information content (AvgIpc) is 2.33. The molecule has 0 aliphatic carbocycles. The van der Waals surface area contributed by atoms with Crippen LogP contribution >= 0.6 is 24.4 Å². The second kappa shape index (κ2) is 8.31. The predicted octanol–water partition coefficient (Wildman–Crippen LogP) is 4.77. The highest BCUT2D eigenvalue weighted by Crippen LogP contribution is 2.26. The summed E-state index contributed by atoms with van der Waals surface area (Å²) in [5.41, 5.74) is 0. The van der Waals surface area contributed by atoms with Gasteiger partial charge in [-0.3, -0.25) is 0 Å². The highest BCUT2D eigenvalue weighted by molar-refractivity contribution is 7.99. The van der Waals surface area contributed by atoms with Crippen LogP contribution in [0.15, 0.2) is 70.5 Å². The lowest BCUT2D eigenvalue weighted by atomic mass is 10.4. The molecule has 0 spiro atoms. The minimum absolute atomic E-state index is 0.944. The highest BCUT2D eigenvalue weighted by Gasteiger charge is 1.93. The number of hydrogen-bond acceptors (Lipinski definition) is 2. The van der Waals surface area contributed by atoms with Gasteiger partial charge in [-0.25, -0.2) is 0 Å². The SMILES string of the molecule is CCS.c1ccc(Sc2ccccc2)cc1. The van der Waals surface area contributed by atoms with E-state index < -0.39 is 0 Å². The van der Waals surface area contributed by atoms with Crippen molar-refractivity contribution in [2.45, 2.75) is 16.7 Å². The molecule has 16 heavy (non-hydrogen) atoms. The Bertz CT molecular complexity index is 333. The molecular formula is C14H16S2. The molecule has 0 heterocycles. The van der Waals surface area contributed by atoms with Crippen molar-refractivity contribution in [3.63, 3.8) is 0 Å². The third-order valence-corrected chi connectivity index (χ3v) is 2.74. The van der Waals surface area contributed by atoms with Crippen molar-refractivity contribution >= 4 is 24.4 Å². The summed E-state index contributed by atoms with van der Waals surface area (Å²) in [7, 11) is 0. The number of thiol groups is 1. The van der Waals surface area contributed by atoms with Crippen LogP contribution in [0, 0.1) is 0 Å². The zero-order valence-electron chi connectivity index (χ0n) is 9.34. The molecule has 0 aliphatic rings. The Kier molecular flexibility index (Phi) is 6.86. The lowest BCUT2D eigenvalue weighted by molar-refractivity contribution is 1.41. The van der Waals surface area contributed by atoms with Gasteiger partial charge in [0.05, 0.1) is 0 Å². The normalized spacial score (nSPS) is 9.12. The van der Waals surface area contributed by atoms with Gasteiger partial charge in [0.25, 0.3) is 0 Å². The molecule has 0 atom stereocenters. The van der Waals surface area contributed by atoms with E-state index in [4.69, 9.17) is 0 Å². The van der Waals surface area contributed by atoms with Gasteiger partial charge in [-0.1, -0.05) is 55.1 Å². The largest absolute Gasteiger partial charge is 0.180 e. The van der Waals surface area contributed by atoms with E-state index in [-0.39, 0.29) is 0 Å². The maximum atomic E-state index is 3.79. The van der Waals surface area contributed by atoms with E-state index in [1.165, 1.54) is 9.79 Å². The van der Waals surface area contributed by atoms with Gasteiger partial charge in [0.15, 0.2) is 0 Å². The van der Waals surface area contributed by atoms with Crippen molar-refractivity contribution in [1.82, 2.24) is 0 Å². The van der Waals surface area contributed by atoms with Crippen molar-refractivity contribution in [2.24, 2.45) is 0 Å². The molecule has 0 unspecified atom stereocenters.